The SMILES string of the molecule is Cc1c(C(=O)N2CCN(C(=O)c3ccc(Cl)c(Cl)c3)CC2)cc(-c2ccccc2)n1-c1ccc(F)cc1F. The van der Waals surface area contributed by atoms with Gasteiger partial charge in [-0.3, -0.25) is 9.59 Å². The van der Waals surface area contributed by atoms with Crippen LogP contribution in [0.4, 0.5) is 8.78 Å². The number of nitrogens with zero attached hydrogens (tertiary/aromatic N) is 3. The largest absolute Gasteiger partial charge is 0.335 e. The highest BCUT2D eigenvalue weighted by atomic mass is 35.5. The monoisotopic (exact) mass is 553 g/mol. The van der Waals surface area contributed by atoms with E-state index in [0.29, 0.717) is 58.7 Å². The Morgan fingerprint density at radius 1 is 0.763 bits per heavy atom. The molecule has 5 nitrogen and oxygen atoms in total. The Morgan fingerprint density at radius 2 is 1.42 bits per heavy atom. The van der Waals surface area contributed by atoms with Gasteiger partial charge in [-0.15, -0.1) is 0 Å². The van der Waals surface area contributed by atoms with Gasteiger partial charge in [0.25, 0.3) is 11.8 Å². The van der Waals surface area contributed by atoms with Crippen LogP contribution in [0, 0.1) is 18.6 Å². The molecular formula is C29H23Cl2F2N3O2. The molecule has 1 aliphatic rings. The van der Waals surface area contributed by atoms with Crippen molar-refractivity contribution in [2.24, 2.45) is 0 Å². The van der Waals surface area contributed by atoms with Gasteiger partial charge in [0.1, 0.15) is 11.6 Å². The normalized spacial score (nSPS) is 13.6. The molecule has 0 saturated carbocycles. The summed E-state index contributed by atoms with van der Waals surface area (Å²) in [6.45, 7) is 3.11. The van der Waals surface area contributed by atoms with E-state index in [1.807, 2.05) is 30.3 Å². The van der Waals surface area contributed by atoms with E-state index in [-0.39, 0.29) is 17.5 Å². The van der Waals surface area contributed by atoms with Crippen molar-refractivity contribution in [3.63, 3.8) is 0 Å². The predicted octanol–water partition coefficient (Wildman–Crippen LogP) is 6.64. The molecule has 1 fully saturated rings. The Bertz CT molecular complexity index is 1530. The molecule has 0 atom stereocenters. The lowest BCUT2D eigenvalue weighted by atomic mass is 10.1. The minimum atomic E-state index is -0.727. The summed E-state index contributed by atoms with van der Waals surface area (Å²) >= 11 is 12.0. The fraction of sp³-hybridized carbons (Fsp3) is 0.172. The number of carbonyl (C=O) groups excluding carboxylic acids is 2. The fourth-order valence-electron chi connectivity index (χ4n) is 4.71. The third-order valence-electron chi connectivity index (χ3n) is 6.72. The Kier molecular flexibility index (Phi) is 7.23. The van der Waals surface area contributed by atoms with Gasteiger partial charge in [0, 0.05) is 43.5 Å². The van der Waals surface area contributed by atoms with Crippen LogP contribution in [0.1, 0.15) is 26.4 Å². The zero-order chi connectivity index (χ0) is 27.0. The van der Waals surface area contributed by atoms with Crippen LogP contribution in [0.5, 0.6) is 0 Å². The Labute approximate surface area is 228 Å². The van der Waals surface area contributed by atoms with E-state index >= 15 is 0 Å². The van der Waals surface area contributed by atoms with Crippen LogP contribution in [0.2, 0.25) is 10.0 Å². The lowest BCUT2D eigenvalue weighted by Crippen LogP contribution is -2.50. The van der Waals surface area contributed by atoms with E-state index in [0.717, 1.165) is 11.6 Å². The molecule has 1 saturated heterocycles. The van der Waals surface area contributed by atoms with Crippen molar-refractivity contribution >= 4 is 35.0 Å². The summed E-state index contributed by atoms with van der Waals surface area (Å²) in [5.74, 6) is -1.81. The van der Waals surface area contributed by atoms with Crippen LogP contribution in [-0.4, -0.2) is 52.4 Å². The van der Waals surface area contributed by atoms with Gasteiger partial charge >= 0.3 is 0 Å². The molecule has 194 valence electrons. The molecule has 5 rings (SSSR count). The first-order valence-corrected chi connectivity index (χ1v) is 12.8. The van der Waals surface area contributed by atoms with E-state index in [4.69, 9.17) is 23.2 Å². The van der Waals surface area contributed by atoms with Crippen molar-refractivity contribution in [3.8, 4) is 16.9 Å². The Balaban J connectivity index is 1.42. The van der Waals surface area contributed by atoms with Gasteiger partial charge < -0.3 is 14.4 Å². The van der Waals surface area contributed by atoms with E-state index in [1.165, 1.54) is 18.2 Å². The first kappa shape index (κ1) is 25.9. The van der Waals surface area contributed by atoms with Gasteiger partial charge in [0.2, 0.25) is 0 Å². The van der Waals surface area contributed by atoms with Crippen LogP contribution >= 0.6 is 23.2 Å². The maximum Gasteiger partial charge on any atom is 0.255 e. The zero-order valence-corrected chi connectivity index (χ0v) is 21.9. The standard InChI is InChI=1S/C29H23Cl2F2N3O2/c1-18-22(17-27(19-5-3-2-4-6-19)36(18)26-10-8-21(32)16-25(26)33)29(38)35-13-11-34(12-14-35)28(37)20-7-9-23(30)24(31)15-20/h2-10,15-17H,11-14H2,1H3. The van der Waals surface area contributed by atoms with Crippen molar-refractivity contribution in [1.82, 2.24) is 14.4 Å². The molecule has 3 aromatic carbocycles. The second-order valence-corrected chi connectivity index (χ2v) is 9.85. The van der Waals surface area contributed by atoms with Gasteiger partial charge in [0.15, 0.2) is 0 Å². The molecule has 0 unspecified atom stereocenters. The molecule has 0 bridgehead atoms. The van der Waals surface area contributed by atoms with Crippen LogP contribution in [0.25, 0.3) is 16.9 Å². The smallest absolute Gasteiger partial charge is 0.255 e. The zero-order valence-electron chi connectivity index (χ0n) is 20.4. The first-order valence-electron chi connectivity index (χ1n) is 12.0. The summed E-state index contributed by atoms with van der Waals surface area (Å²) in [4.78, 5) is 29.9. The van der Waals surface area contributed by atoms with Crippen LogP contribution in [-0.2, 0) is 0 Å². The van der Waals surface area contributed by atoms with Gasteiger partial charge in [0.05, 0.1) is 27.0 Å². The molecule has 1 aromatic heterocycles. The average Bonchev–Trinajstić information content (AvgIpc) is 3.26. The van der Waals surface area contributed by atoms with Gasteiger partial charge in [-0.1, -0.05) is 53.5 Å². The lowest BCUT2D eigenvalue weighted by molar-refractivity contribution is 0.0535. The highest BCUT2D eigenvalue weighted by molar-refractivity contribution is 6.42. The van der Waals surface area contributed by atoms with E-state index in [9.17, 15) is 18.4 Å². The van der Waals surface area contributed by atoms with Gasteiger partial charge in [-0.2, -0.15) is 0 Å². The average molecular weight is 554 g/mol. The number of aromatic nitrogens is 1. The lowest BCUT2D eigenvalue weighted by Gasteiger charge is -2.35. The first-order chi connectivity index (χ1) is 18.2. The number of hydrogen-bond acceptors (Lipinski definition) is 2. The summed E-state index contributed by atoms with van der Waals surface area (Å²) in [6.07, 6.45) is 0. The molecule has 38 heavy (non-hydrogen) atoms. The number of hydrogen-bond donors (Lipinski definition) is 0. The summed E-state index contributed by atoms with van der Waals surface area (Å²) in [7, 11) is 0. The van der Waals surface area contributed by atoms with Crippen molar-refractivity contribution in [3.05, 3.63) is 111 Å². The molecule has 2 heterocycles. The minimum Gasteiger partial charge on any atom is -0.335 e. The summed E-state index contributed by atoms with van der Waals surface area (Å²) < 4.78 is 30.2. The van der Waals surface area contributed by atoms with E-state index < -0.39 is 11.6 Å². The summed E-state index contributed by atoms with van der Waals surface area (Å²) in [5, 5.41) is 0.675. The number of piperazine rings is 1. The number of rotatable bonds is 4. The predicted molar refractivity (Wildman–Crippen MR) is 144 cm³/mol. The highest BCUT2D eigenvalue weighted by Crippen LogP contribution is 2.32. The van der Waals surface area contributed by atoms with Crippen molar-refractivity contribution in [2.45, 2.75) is 6.92 Å². The molecule has 9 heteroatoms. The fourth-order valence-corrected chi connectivity index (χ4v) is 5.01. The maximum absolute atomic E-state index is 14.9. The third-order valence-corrected chi connectivity index (χ3v) is 7.46. The van der Waals surface area contributed by atoms with Crippen molar-refractivity contribution < 1.29 is 18.4 Å². The second kappa shape index (κ2) is 10.6. The number of benzene rings is 3. The van der Waals surface area contributed by atoms with Crippen LogP contribution < -0.4 is 0 Å². The van der Waals surface area contributed by atoms with Crippen molar-refractivity contribution in [1.29, 1.82) is 0 Å². The summed E-state index contributed by atoms with van der Waals surface area (Å²) in [5.41, 5.74) is 2.94. The number of carbonyl (C=O) groups is 2. The second-order valence-electron chi connectivity index (χ2n) is 9.04. The Hall–Kier alpha value is -3.68. The molecule has 0 N–H and O–H groups in total. The van der Waals surface area contributed by atoms with E-state index in [1.54, 1.807) is 39.5 Å². The summed E-state index contributed by atoms with van der Waals surface area (Å²) in [6, 6.07) is 19.2. The molecule has 0 radical (unpaired) electrons. The molecule has 4 aromatic rings. The quantitative estimate of drug-likeness (QED) is 0.284. The molecule has 0 aliphatic carbocycles. The van der Waals surface area contributed by atoms with Gasteiger partial charge in [-0.05, 0) is 48.9 Å². The molecule has 0 spiro atoms. The molecule has 2 amide bonds. The number of amides is 2. The highest BCUT2D eigenvalue weighted by Gasteiger charge is 2.29. The van der Waals surface area contributed by atoms with Gasteiger partial charge in [-0.25, -0.2) is 8.78 Å². The Morgan fingerprint density at radius 3 is 2.05 bits per heavy atom. The minimum absolute atomic E-state index is 0.152. The maximum atomic E-state index is 14.9. The van der Waals surface area contributed by atoms with Crippen molar-refractivity contribution in [2.75, 3.05) is 26.2 Å². The topological polar surface area (TPSA) is 45.6 Å². The molecule has 1 aliphatic heterocycles. The van der Waals surface area contributed by atoms with E-state index in [2.05, 4.69) is 0 Å². The number of halogens is 4. The third kappa shape index (κ3) is 4.91. The van der Waals surface area contributed by atoms with Crippen LogP contribution in [0.3, 0.4) is 0 Å². The molecular weight excluding hydrogens is 531 g/mol. The van der Waals surface area contributed by atoms with Crippen LogP contribution in [0.15, 0.2) is 72.8 Å².